The number of thioether (sulfide) groups is 1. The molecule has 2 unspecified atom stereocenters. The third-order valence-electron chi connectivity index (χ3n) is 4.15. The molecular weight excluding hydrogens is 238 g/mol. The van der Waals surface area contributed by atoms with Crippen LogP contribution in [0.5, 0.6) is 0 Å². The molecular formula is C16H25NS. The normalized spacial score (nSPS) is 24.8. The van der Waals surface area contributed by atoms with Crippen LogP contribution in [-0.2, 0) is 0 Å². The number of benzene rings is 1. The summed E-state index contributed by atoms with van der Waals surface area (Å²) >= 11 is 2.08. The second-order valence-corrected chi connectivity index (χ2v) is 7.31. The van der Waals surface area contributed by atoms with Gasteiger partial charge in [-0.25, -0.2) is 0 Å². The van der Waals surface area contributed by atoms with E-state index in [9.17, 15) is 0 Å². The van der Waals surface area contributed by atoms with Gasteiger partial charge < -0.3 is 5.32 Å². The predicted molar refractivity (Wildman–Crippen MR) is 82.2 cm³/mol. The van der Waals surface area contributed by atoms with E-state index in [4.69, 9.17) is 0 Å². The Balaban J connectivity index is 2.02. The Morgan fingerprint density at radius 1 is 1.28 bits per heavy atom. The molecule has 1 aliphatic rings. The highest BCUT2D eigenvalue weighted by molar-refractivity contribution is 7.99. The highest BCUT2D eigenvalue weighted by atomic mass is 32.2. The maximum Gasteiger partial charge on any atom is 0.0294 e. The second-order valence-electron chi connectivity index (χ2n) is 6.17. The first-order valence-electron chi connectivity index (χ1n) is 6.89. The smallest absolute Gasteiger partial charge is 0.0294 e. The number of rotatable bonds is 3. The minimum atomic E-state index is 0.421. The van der Waals surface area contributed by atoms with Gasteiger partial charge in [0, 0.05) is 17.8 Å². The van der Waals surface area contributed by atoms with Gasteiger partial charge in [-0.1, -0.05) is 43.7 Å². The molecule has 1 saturated heterocycles. The quantitative estimate of drug-likeness (QED) is 0.878. The average molecular weight is 263 g/mol. The van der Waals surface area contributed by atoms with Crippen LogP contribution in [0.4, 0.5) is 0 Å². The van der Waals surface area contributed by atoms with Crippen LogP contribution < -0.4 is 5.32 Å². The zero-order chi connectivity index (χ0) is 13.2. The molecule has 0 bridgehead atoms. The van der Waals surface area contributed by atoms with Crippen molar-refractivity contribution in [1.82, 2.24) is 5.32 Å². The van der Waals surface area contributed by atoms with E-state index in [-0.39, 0.29) is 0 Å². The Morgan fingerprint density at radius 3 is 2.56 bits per heavy atom. The first-order valence-corrected chi connectivity index (χ1v) is 8.05. The van der Waals surface area contributed by atoms with Gasteiger partial charge in [0.15, 0.2) is 0 Å². The van der Waals surface area contributed by atoms with Crippen LogP contribution >= 0.6 is 11.8 Å². The third-order valence-corrected chi connectivity index (χ3v) is 5.21. The topological polar surface area (TPSA) is 12.0 Å². The molecule has 1 aromatic rings. The molecule has 1 nitrogen and oxygen atoms in total. The van der Waals surface area contributed by atoms with E-state index in [1.165, 1.54) is 29.1 Å². The summed E-state index contributed by atoms with van der Waals surface area (Å²) in [7, 11) is 0. The summed E-state index contributed by atoms with van der Waals surface area (Å²) < 4.78 is 0. The maximum absolute atomic E-state index is 3.82. The SMILES string of the molecule is Cc1ccc(C(C)NC2CSCCC2(C)C)cc1. The Labute approximate surface area is 116 Å². The van der Waals surface area contributed by atoms with E-state index in [0.717, 1.165) is 0 Å². The number of hydrogen-bond donors (Lipinski definition) is 1. The summed E-state index contributed by atoms with van der Waals surface area (Å²) in [6, 6.07) is 9.95. The Hall–Kier alpha value is -0.470. The molecule has 2 rings (SSSR count). The van der Waals surface area contributed by atoms with Gasteiger partial charge in [0.1, 0.15) is 0 Å². The standard InChI is InChI=1S/C16H25NS/c1-12-5-7-14(8-6-12)13(2)17-15-11-18-10-9-16(15,3)4/h5-8,13,15,17H,9-11H2,1-4H3. The van der Waals surface area contributed by atoms with Crippen LogP contribution in [0.15, 0.2) is 24.3 Å². The molecule has 0 saturated carbocycles. The summed E-state index contributed by atoms with van der Waals surface area (Å²) in [6.07, 6.45) is 1.32. The van der Waals surface area contributed by atoms with Crippen molar-refractivity contribution in [3.05, 3.63) is 35.4 Å². The van der Waals surface area contributed by atoms with Crippen molar-refractivity contribution in [3.8, 4) is 0 Å². The highest BCUT2D eigenvalue weighted by Crippen LogP contribution is 2.35. The van der Waals surface area contributed by atoms with Crippen molar-refractivity contribution in [2.45, 2.75) is 46.2 Å². The minimum Gasteiger partial charge on any atom is -0.306 e. The summed E-state index contributed by atoms with van der Waals surface area (Å²) in [6.45, 7) is 9.21. The lowest BCUT2D eigenvalue weighted by molar-refractivity contribution is 0.232. The van der Waals surface area contributed by atoms with Crippen molar-refractivity contribution in [3.63, 3.8) is 0 Å². The van der Waals surface area contributed by atoms with Crippen LogP contribution in [0.25, 0.3) is 0 Å². The van der Waals surface area contributed by atoms with E-state index in [1.807, 2.05) is 0 Å². The lowest BCUT2D eigenvalue weighted by atomic mass is 9.81. The fourth-order valence-electron chi connectivity index (χ4n) is 2.46. The van der Waals surface area contributed by atoms with Crippen LogP contribution in [0.3, 0.4) is 0 Å². The first kappa shape index (κ1) is 14.0. The van der Waals surface area contributed by atoms with E-state index in [1.54, 1.807) is 0 Å². The summed E-state index contributed by atoms with van der Waals surface area (Å²) in [5.41, 5.74) is 3.15. The molecule has 2 heteroatoms. The van der Waals surface area contributed by atoms with E-state index < -0.39 is 0 Å². The van der Waals surface area contributed by atoms with Gasteiger partial charge in [-0.15, -0.1) is 0 Å². The largest absolute Gasteiger partial charge is 0.306 e. The van der Waals surface area contributed by atoms with Gasteiger partial charge in [-0.05, 0) is 37.0 Å². The molecule has 100 valence electrons. The zero-order valence-electron chi connectivity index (χ0n) is 12.0. The van der Waals surface area contributed by atoms with Gasteiger partial charge in [0.2, 0.25) is 0 Å². The molecule has 1 heterocycles. The highest BCUT2D eigenvalue weighted by Gasteiger charge is 2.33. The minimum absolute atomic E-state index is 0.421. The molecule has 1 N–H and O–H groups in total. The summed E-state index contributed by atoms with van der Waals surface area (Å²) in [5, 5.41) is 3.82. The fourth-order valence-corrected chi connectivity index (χ4v) is 4.08. The van der Waals surface area contributed by atoms with Gasteiger partial charge >= 0.3 is 0 Å². The van der Waals surface area contributed by atoms with E-state index in [2.05, 4.69) is 69.0 Å². The predicted octanol–water partition coefficient (Wildman–Crippen LogP) is 4.18. The number of hydrogen-bond acceptors (Lipinski definition) is 2. The van der Waals surface area contributed by atoms with E-state index in [0.29, 0.717) is 17.5 Å². The molecule has 1 aromatic carbocycles. The van der Waals surface area contributed by atoms with Crippen molar-refractivity contribution < 1.29 is 0 Å². The average Bonchev–Trinajstić information content (AvgIpc) is 2.32. The fraction of sp³-hybridized carbons (Fsp3) is 0.625. The van der Waals surface area contributed by atoms with Gasteiger partial charge in [0.25, 0.3) is 0 Å². The van der Waals surface area contributed by atoms with Crippen LogP contribution in [-0.4, -0.2) is 17.5 Å². The van der Waals surface area contributed by atoms with Crippen molar-refractivity contribution in [1.29, 1.82) is 0 Å². The number of aryl methyl sites for hydroxylation is 1. The van der Waals surface area contributed by atoms with Crippen LogP contribution in [0.2, 0.25) is 0 Å². The second kappa shape index (κ2) is 5.66. The van der Waals surface area contributed by atoms with Crippen LogP contribution in [0, 0.1) is 12.3 Å². The lowest BCUT2D eigenvalue weighted by Crippen LogP contribution is -2.47. The van der Waals surface area contributed by atoms with Crippen LogP contribution in [0.1, 0.15) is 44.4 Å². The molecule has 1 aliphatic heterocycles. The molecule has 2 atom stereocenters. The lowest BCUT2D eigenvalue weighted by Gasteiger charge is -2.40. The summed E-state index contributed by atoms with van der Waals surface area (Å²) in [4.78, 5) is 0. The van der Waals surface area contributed by atoms with Gasteiger partial charge in [0.05, 0.1) is 0 Å². The zero-order valence-corrected chi connectivity index (χ0v) is 12.8. The molecule has 1 fully saturated rings. The van der Waals surface area contributed by atoms with E-state index >= 15 is 0 Å². The van der Waals surface area contributed by atoms with Gasteiger partial charge in [-0.3, -0.25) is 0 Å². The number of nitrogens with one attached hydrogen (secondary N) is 1. The molecule has 0 aliphatic carbocycles. The van der Waals surface area contributed by atoms with Crippen molar-refractivity contribution >= 4 is 11.8 Å². The Kier molecular flexibility index (Phi) is 4.39. The van der Waals surface area contributed by atoms with Crippen molar-refractivity contribution in [2.24, 2.45) is 5.41 Å². The summed E-state index contributed by atoms with van der Waals surface area (Å²) in [5.74, 6) is 2.55. The molecule has 0 spiro atoms. The maximum atomic E-state index is 3.82. The third kappa shape index (κ3) is 3.30. The molecule has 18 heavy (non-hydrogen) atoms. The molecule has 0 amide bonds. The monoisotopic (exact) mass is 263 g/mol. The first-order chi connectivity index (χ1) is 8.49. The Bertz CT molecular complexity index is 383. The molecule has 0 aromatic heterocycles. The Morgan fingerprint density at radius 2 is 1.94 bits per heavy atom. The molecule has 0 radical (unpaired) electrons. The van der Waals surface area contributed by atoms with Crippen molar-refractivity contribution in [2.75, 3.05) is 11.5 Å². The van der Waals surface area contributed by atoms with Gasteiger partial charge in [-0.2, -0.15) is 11.8 Å².